The summed E-state index contributed by atoms with van der Waals surface area (Å²) in [6.07, 6.45) is 0.246. The zero-order valence-electron chi connectivity index (χ0n) is 22.9. The van der Waals surface area contributed by atoms with Crippen molar-refractivity contribution in [3.8, 4) is 0 Å². The van der Waals surface area contributed by atoms with Gasteiger partial charge in [0.25, 0.3) is 0 Å². The summed E-state index contributed by atoms with van der Waals surface area (Å²) in [5.74, 6) is -3.43. The first-order valence-corrected chi connectivity index (χ1v) is 12.9. The number of carbonyl (C=O) groups is 4. The molecule has 0 aliphatic rings. The predicted octanol–water partition coefficient (Wildman–Crippen LogP) is 0.171. The van der Waals surface area contributed by atoms with E-state index in [1.165, 1.54) is 36.4 Å². The van der Waals surface area contributed by atoms with Crippen LogP contribution in [0.25, 0.3) is 0 Å². The lowest BCUT2D eigenvalue weighted by molar-refractivity contribution is 0.0257. The molecule has 0 aliphatic carbocycles. The topological polar surface area (TPSA) is 227 Å². The second-order valence-corrected chi connectivity index (χ2v) is 8.20. The van der Waals surface area contributed by atoms with Crippen LogP contribution in [0.4, 0.5) is 0 Å². The number of aliphatic hydroxyl groups is 4. The van der Waals surface area contributed by atoms with Gasteiger partial charge in [-0.05, 0) is 60.4 Å². The summed E-state index contributed by atoms with van der Waals surface area (Å²) in [6.45, 7) is -0.0665. The van der Waals surface area contributed by atoms with Crippen LogP contribution >= 0.6 is 0 Å². The lowest BCUT2D eigenvalue weighted by Gasteiger charge is -2.15. The summed E-state index contributed by atoms with van der Waals surface area (Å²) in [4.78, 5) is 45.6. The van der Waals surface area contributed by atoms with E-state index in [0.29, 0.717) is 16.7 Å². The molecule has 14 nitrogen and oxygen atoms in total. The third kappa shape index (κ3) is 12.7. The number of ether oxygens (including phenoxy) is 4. The first kappa shape index (κ1) is 36.1. The summed E-state index contributed by atoms with van der Waals surface area (Å²) in [5.41, 5.74) is 1.20. The minimum atomic E-state index is -1.17. The molecule has 0 atom stereocenters. The molecule has 0 saturated carbocycles. The number of aliphatic hydroxyl groups excluding tert-OH is 4. The monoisotopic (exact) mass is 596 g/mol. The SMILES string of the molecule is O=C(O)c1ccc(C(=O)O)c(CCOCCO)c1CCO.O=C(OCCO)c1ccc(C(=O)OCCOCCO)cc1. The molecule has 0 heterocycles. The maximum Gasteiger partial charge on any atom is 0.338 e. The molecule has 0 saturated heterocycles. The molecule has 6 N–H and O–H groups in total. The highest BCUT2D eigenvalue weighted by molar-refractivity contribution is 5.95. The van der Waals surface area contributed by atoms with Crippen LogP contribution in [0.2, 0.25) is 0 Å². The Labute approximate surface area is 241 Å². The van der Waals surface area contributed by atoms with Gasteiger partial charge in [-0.3, -0.25) is 0 Å². The van der Waals surface area contributed by atoms with Gasteiger partial charge in [0, 0.05) is 6.61 Å². The van der Waals surface area contributed by atoms with Crippen molar-refractivity contribution in [1.82, 2.24) is 0 Å². The third-order valence-electron chi connectivity index (χ3n) is 5.36. The predicted molar refractivity (Wildman–Crippen MR) is 145 cm³/mol. The summed E-state index contributed by atoms with van der Waals surface area (Å²) < 4.78 is 19.7. The first-order chi connectivity index (χ1) is 20.2. The molecule has 14 heteroatoms. The van der Waals surface area contributed by atoms with Crippen molar-refractivity contribution in [2.75, 3.05) is 66.1 Å². The van der Waals surface area contributed by atoms with Gasteiger partial charge in [0.2, 0.25) is 0 Å². The van der Waals surface area contributed by atoms with Crippen LogP contribution in [-0.2, 0) is 31.8 Å². The number of hydrogen-bond donors (Lipinski definition) is 6. The van der Waals surface area contributed by atoms with E-state index in [0.717, 1.165) is 0 Å². The molecule has 2 aromatic rings. The standard InChI is InChI=1S/2C14H18O7/c15-5-7-19-9-10-21-14(18)12-3-1-11(2-4-12)13(17)20-8-6-16;15-5-3-9-10(4-7-21-8-6-16)12(14(19)20)2-1-11(9)13(17)18/h1-4,15-16H,5-10H2;1-2,15-16H,3-8H2,(H,17,18)(H,19,20). The van der Waals surface area contributed by atoms with Crippen molar-refractivity contribution < 1.29 is 68.8 Å². The molecule has 0 unspecified atom stereocenters. The molecule has 232 valence electrons. The largest absolute Gasteiger partial charge is 0.478 e. The normalized spacial score (nSPS) is 10.4. The number of carboxylic acids is 2. The highest BCUT2D eigenvalue weighted by Crippen LogP contribution is 2.22. The van der Waals surface area contributed by atoms with Crippen molar-refractivity contribution in [2.45, 2.75) is 12.8 Å². The molecule has 0 aliphatic heterocycles. The van der Waals surface area contributed by atoms with Crippen LogP contribution < -0.4 is 0 Å². The van der Waals surface area contributed by atoms with Crippen molar-refractivity contribution >= 4 is 23.9 Å². The Morgan fingerprint density at radius 1 is 0.500 bits per heavy atom. The van der Waals surface area contributed by atoms with E-state index in [-0.39, 0.29) is 95.6 Å². The molecule has 42 heavy (non-hydrogen) atoms. The summed E-state index contributed by atoms with van der Waals surface area (Å²) in [5, 5.41) is 53.1. The Morgan fingerprint density at radius 3 is 1.36 bits per heavy atom. The van der Waals surface area contributed by atoms with Crippen molar-refractivity contribution in [2.24, 2.45) is 0 Å². The summed E-state index contributed by atoms with van der Waals surface area (Å²) in [7, 11) is 0. The lowest BCUT2D eigenvalue weighted by atomic mass is 9.92. The van der Waals surface area contributed by atoms with Crippen LogP contribution in [0.1, 0.15) is 52.6 Å². The fourth-order valence-corrected chi connectivity index (χ4v) is 3.52. The fourth-order valence-electron chi connectivity index (χ4n) is 3.52. The van der Waals surface area contributed by atoms with Crippen molar-refractivity contribution in [3.63, 3.8) is 0 Å². The van der Waals surface area contributed by atoms with Gasteiger partial charge in [-0.25, -0.2) is 19.2 Å². The van der Waals surface area contributed by atoms with Gasteiger partial charge in [0.15, 0.2) is 0 Å². The molecular weight excluding hydrogens is 560 g/mol. The molecule has 0 bridgehead atoms. The highest BCUT2D eigenvalue weighted by Gasteiger charge is 2.20. The Morgan fingerprint density at radius 2 is 0.929 bits per heavy atom. The van der Waals surface area contributed by atoms with Gasteiger partial charge in [0.1, 0.15) is 13.2 Å². The maximum absolute atomic E-state index is 11.7. The van der Waals surface area contributed by atoms with Crippen LogP contribution in [0, 0.1) is 0 Å². The molecule has 0 fully saturated rings. The molecule has 2 aromatic carbocycles. The van der Waals surface area contributed by atoms with Gasteiger partial charge in [0.05, 0.1) is 68.5 Å². The number of aromatic carboxylic acids is 2. The fraction of sp³-hybridized carbons (Fsp3) is 0.429. The molecular formula is C28H36O14. The number of rotatable bonds is 18. The van der Waals surface area contributed by atoms with E-state index in [2.05, 4.69) is 0 Å². The number of benzene rings is 2. The average molecular weight is 597 g/mol. The number of carbonyl (C=O) groups excluding carboxylic acids is 2. The number of esters is 2. The number of carboxylic acid groups (broad SMARTS) is 2. The van der Waals surface area contributed by atoms with E-state index in [9.17, 15) is 24.3 Å². The minimum Gasteiger partial charge on any atom is -0.478 e. The van der Waals surface area contributed by atoms with Gasteiger partial charge >= 0.3 is 23.9 Å². The second kappa shape index (κ2) is 20.9. The molecule has 2 rings (SSSR count). The Balaban J connectivity index is 0.000000420. The van der Waals surface area contributed by atoms with E-state index in [4.69, 9.17) is 44.5 Å². The van der Waals surface area contributed by atoms with Crippen LogP contribution in [0.5, 0.6) is 0 Å². The van der Waals surface area contributed by atoms with Crippen LogP contribution in [-0.4, -0.2) is 121 Å². The zero-order valence-corrected chi connectivity index (χ0v) is 22.9. The molecule has 0 aromatic heterocycles. The Bertz CT molecular complexity index is 1130. The molecule has 0 radical (unpaired) electrons. The third-order valence-corrected chi connectivity index (χ3v) is 5.36. The first-order valence-electron chi connectivity index (χ1n) is 12.9. The van der Waals surface area contributed by atoms with Crippen molar-refractivity contribution in [1.29, 1.82) is 0 Å². The van der Waals surface area contributed by atoms with E-state index >= 15 is 0 Å². The Hall–Kier alpha value is -3.92. The zero-order chi connectivity index (χ0) is 31.3. The van der Waals surface area contributed by atoms with Crippen LogP contribution in [0.3, 0.4) is 0 Å². The molecule has 0 amide bonds. The van der Waals surface area contributed by atoms with Gasteiger partial charge in [-0.15, -0.1) is 0 Å². The molecule has 0 spiro atoms. The van der Waals surface area contributed by atoms with Crippen molar-refractivity contribution in [3.05, 3.63) is 69.8 Å². The minimum absolute atomic E-state index is 0.00366. The maximum atomic E-state index is 11.7. The van der Waals surface area contributed by atoms with Gasteiger partial charge in [-0.2, -0.15) is 0 Å². The lowest BCUT2D eigenvalue weighted by Crippen LogP contribution is -2.15. The van der Waals surface area contributed by atoms with E-state index in [1.807, 2.05) is 0 Å². The Kier molecular flexibility index (Phi) is 18.0. The summed E-state index contributed by atoms with van der Waals surface area (Å²) >= 11 is 0. The number of hydrogen-bond acceptors (Lipinski definition) is 12. The summed E-state index contributed by atoms with van der Waals surface area (Å²) in [6, 6.07) is 8.26. The van der Waals surface area contributed by atoms with Gasteiger partial charge < -0.3 is 49.6 Å². The average Bonchev–Trinajstić information content (AvgIpc) is 2.98. The quantitative estimate of drug-likeness (QED) is 0.0996. The smallest absolute Gasteiger partial charge is 0.338 e. The van der Waals surface area contributed by atoms with Gasteiger partial charge in [-0.1, -0.05) is 0 Å². The van der Waals surface area contributed by atoms with E-state index in [1.54, 1.807) is 0 Å². The second-order valence-electron chi connectivity index (χ2n) is 8.20. The highest BCUT2D eigenvalue weighted by atomic mass is 16.6. The van der Waals surface area contributed by atoms with E-state index < -0.39 is 23.9 Å². The van der Waals surface area contributed by atoms with Crippen LogP contribution in [0.15, 0.2) is 36.4 Å².